The Bertz CT molecular complexity index is 1500. The molecule has 58 heavy (non-hydrogen) atoms. The number of aliphatic hydroxyl groups excluding tert-OH is 2. The molecule has 18 nitrogen and oxygen atoms in total. The van der Waals surface area contributed by atoms with Gasteiger partial charge in [-0.2, -0.15) is 9.29 Å². The molecule has 9 atom stereocenters. The topological polar surface area (TPSA) is 265 Å². The summed E-state index contributed by atoms with van der Waals surface area (Å²) in [5.74, 6) is 0.140. The van der Waals surface area contributed by atoms with Crippen LogP contribution < -0.4 is 11.4 Å². The molecule has 0 spiro atoms. The molecule has 336 valence electrons. The summed E-state index contributed by atoms with van der Waals surface area (Å²) in [7, 11) is -10.8. The van der Waals surface area contributed by atoms with E-state index >= 15 is 0 Å². The van der Waals surface area contributed by atoms with Crippen LogP contribution in [0, 0.1) is 11.8 Å². The predicted molar refractivity (Wildman–Crippen MR) is 215 cm³/mol. The van der Waals surface area contributed by atoms with Gasteiger partial charge in [0.25, 0.3) is 0 Å². The largest absolute Gasteiger partial charge is 0.481 e. The molecule has 6 N–H and O–H groups in total. The van der Waals surface area contributed by atoms with Crippen LogP contribution in [0.15, 0.2) is 17.1 Å². The van der Waals surface area contributed by atoms with Crippen LogP contribution in [0.2, 0.25) is 0 Å². The summed E-state index contributed by atoms with van der Waals surface area (Å²) in [6.45, 7) is 6.58. The van der Waals surface area contributed by atoms with E-state index in [-0.39, 0.29) is 18.7 Å². The number of aliphatic hydroxyl groups is 2. The highest BCUT2D eigenvalue weighted by Crippen LogP contribution is 2.60. The normalized spacial score (nSPS) is 21.8. The molecule has 0 radical (unpaired) electrons. The number of nitrogens with zero attached hydrogens (tertiary/aromatic N) is 2. The number of unbranched alkanes of at least 4 members (excludes halogenated alkanes) is 10. The molecule has 20 heteroatoms. The highest BCUT2D eigenvalue weighted by molar-refractivity contribution is 7.61. The summed E-state index contributed by atoms with van der Waals surface area (Å²) in [4.78, 5) is 61.4. The van der Waals surface area contributed by atoms with Gasteiger partial charge in [-0.3, -0.25) is 23.2 Å². The molecule has 1 aromatic rings. The number of phosphoric acid groups is 2. The van der Waals surface area contributed by atoms with Crippen molar-refractivity contribution < 1.29 is 66.3 Å². The number of hydrogen-bond donors (Lipinski definition) is 5. The van der Waals surface area contributed by atoms with Crippen molar-refractivity contribution in [1.82, 2.24) is 9.55 Å². The molecule has 0 aromatic carbocycles. The molecular weight excluding hydrogens is 800 g/mol. The first kappa shape index (κ1) is 51.9. The maximum atomic E-state index is 12.7. The maximum Gasteiger partial charge on any atom is 0.481 e. The lowest BCUT2D eigenvalue weighted by Crippen LogP contribution is -2.36. The number of rotatable bonds is 32. The Morgan fingerprint density at radius 1 is 0.810 bits per heavy atom. The van der Waals surface area contributed by atoms with Crippen LogP contribution in [0.4, 0.5) is 5.82 Å². The number of carbonyl (C=O) groups excluding carboxylic acids is 2. The van der Waals surface area contributed by atoms with Gasteiger partial charge in [0.1, 0.15) is 30.7 Å². The minimum Gasteiger partial charge on any atom is -0.462 e. The lowest BCUT2D eigenvalue weighted by molar-refractivity contribution is -0.161. The molecule has 1 aliphatic heterocycles. The molecule has 1 aromatic heterocycles. The van der Waals surface area contributed by atoms with Crippen LogP contribution in [0.5, 0.6) is 0 Å². The second-order valence-corrected chi connectivity index (χ2v) is 18.4. The number of phosphoric ester groups is 2. The highest BCUT2D eigenvalue weighted by Gasteiger charge is 2.46. The van der Waals surface area contributed by atoms with Crippen molar-refractivity contribution in [3.8, 4) is 0 Å². The molecule has 0 bridgehead atoms. The van der Waals surface area contributed by atoms with Crippen molar-refractivity contribution >= 4 is 33.4 Å². The fourth-order valence-electron chi connectivity index (χ4n) is 6.20. The van der Waals surface area contributed by atoms with Crippen molar-refractivity contribution in [3.05, 3.63) is 22.7 Å². The zero-order chi connectivity index (χ0) is 43.1. The Labute approximate surface area is 342 Å². The number of nitrogen functional groups attached to an aromatic ring is 1. The number of hydrogen-bond acceptors (Lipinski definition) is 15. The Hall–Kier alpha value is -2.24. The van der Waals surface area contributed by atoms with Gasteiger partial charge in [-0.25, -0.2) is 13.9 Å². The maximum absolute atomic E-state index is 12.7. The van der Waals surface area contributed by atoms with Gasteiger partial charge in [0.2, 0.25) is 0 Å². The Morgan fingerprint density at radius 3 is 1.88 bits per heavy atom. The van der Waals surface area contributed by atoms with Gasteiger partial charge in [0.05, 0.1) is 13.2 Å². The van der Waals surface area contributed by atoms with Gasteiger partial charge < -0.3 is 39.9 Å². The van der Waals surface area contributed by atoms with E-state index in [1.165, 1.54) is 38.2 Å². The molecule has 0 amide bonds. The van der Waals surface area contributed by atoms with E-state index in [4.69, 9.17) is 29.0 Å². The SMILES string of the molecule is CCC(C)CCCCCCCCC(=O)OC[C@H](COP(=O)(O)OP(=O)(O)OC[C@H]1O[C@@H](n2ccc(N)nc2=O)C(O)[C@H]1O)OC(=O)CCCCCCCCC(C)CC. The average Bonchev–Trinajstić information content (AvgIpc) is 3.45. The summed E-state index contributed by atoms with van der Waals surface area (Å²) in [5.41, 5.74) is 4.57. The minimum absolute atomic E-state index is 0.0513. The monoisotopic (exact) mass is 869 g/mol. The van der Waals surface area contributed by atoms with Crippen LogP contribution in [-0.4, -0.2) is 85.7 Å². The first-order chi connectivity index (χ1) is 27.5. The molecule has 1 saturated heterocycles. The number of nitrogens with two attached hydrogens (primary N) is 1. The van der Waals surface area contributed by atoms with Gasteiger partial charge >= 0.3 is 33.3 Å². The van der Waals surface area contributed by atoms with E-state index in [1.807, 2.05) is 0 Å². The molecule has 0 saturated carbocycles. The number of aromatic nitrogens is 2. The molecule has 2 rings (SSSR count). The lowest BCUT2D eigenvalue weighted by atomic mass is 10.00. The third kappa shape index (κ3) is 21.3. The third-order valence-corrected chi connectivity index (χ3v) is 12.9. The van der Waals surface area contributed by atoms with Gasteiger partial charge in [-0.15, -0.1) is 0 Å². The van der Waals surface area contributed by atoms with Crippen molar-refractivity contribution in [2.75, 3.05) is 25.6 Å². The Balaban J connectivity index is 1.88. The van der Waals surface area contributed by atoms with Crippen LogP contribution in [0.1, 0.15) is 149 Å². The van der Waals surface area contributed by atoms with E-state index in [9.17, 15) is 43.5 Å². The molecule has 1 fully saturated rings. The summed E-state index contributed by atoms with van der Waals surface area (Å²) in [6.07, 6.45) is 9.85. The van der Waals surface area contributed by atoms with Crippen molar-refractivity contribution in [2.45, 2.75) is 174 Å². The molecular formula is C38H69N3O15P2. The van der Waals surface area contributed by atoms with Gasteiger partial charge in [0.15, 0.2) is 12.3 Å². The summed E-state index contributed by atoms with van der Waals surface area (Å²) in [6, 6.07) is 1.25. The zero-order valence-electron chi connectivity index (χ0n) is 34.7. The van der Waals surface area contributed by atoms with E-state index < -0.39 is 83.7 Å². The number of carbonyl (C=O) groups is 2. The van der Waals surface area contributed by atoms with E-state index in [2.05, 4.69) is 37.0 Å². The van der Waals surface area contributed by atoms with Crippen molar-refractivity contribution in [2.24, 2.45) is 11.8 Å². The second-order valence-electron chi connectivity index (χ2n) is 15.3. The fraction of sp³-hybridized carbons (Fsp3) is 0.842. The average molecular weight is 870 g/mol. The smallest absolute Gasteiger partial charge is 0.462 e. The number of anilines is 1. The van der Waals surface area contributed by atoms with Crippen molar-refractivity contribution in [3.63, 3.8) is 0 Å². The molecule has 2 heterocycles. The molecule has 0 aliphatic carbocycles. The van der Waals surface area contributed by atoms with Crippen LogP contribution in [0.25, 0.3) is 0 Å². The fourth-order valence-corrected chi connectivity index (χ4v) is 8.31. The lowest BCUT2D eigenvalue weighted by Gasteiger charge is -2.21. The first-order valence-corrected chi connectivity index (χ1v) is 23.8. The number of esters is 2. The molecule has 5 unspecified atom stereocenters. The third-order valence-electron chi connectivity index (χ3n) is 10.3. The van der Waals surface area contributed by atoms with E-state index in [1.54, 1.807) is 0 Å². The second kappa shape index (κ2) is 27.6. The van der Waals surface area contributed by atoms with E-state index in [0.717, 1.165) is 74.5 Å². The summed E-state index contributed by atoms with van der Waals surface area (Å²) >= 11 is 0. The van der Waals surface area contributed by atoms with Crippen LogP contribution >= 0.6 is 15.6 Å². The van der Waals surface area contributed by atoms with Gasteiger partial charge in [-0.1, -0.05) is 118 Å². The zero-order valence-corrected chi connectivity index (χ0v) is 36.5. The standard InChI is InChI=1S/C38H69N3O15P2/c1-5-28(3)19-15-11-7-9-13-17-21-33(42)51-25-30(54-34(43)22-18-14-10-8-12-16-20-29(4)6-2)26-52-57(47,48)56-58(49,50)53-27-31-35(44)36(45)37(55-31)41-24-23-32(39)40-38(41)46/h23-24,28-31,35-37,44-45H,5-22,25-27H2,1-4H3,(H,47,48)(H,49,50)(H2,39,40,46)/t28?,29?,30-,31-,35+,36?,37-/m1/s1. The number of ether oxygens (including phenoxy) is 3. The highest BCUT2D eigenvalue weighted by atomic mass is 31.3. The van der Waals surface area contributed by atoms with Gasteiger partial charge in [0, 0.05) is 19.0 Å². The predicted octanol–water partition coefficient (Wildman–Crippen LogP) is 6.48. The summed E-state index contributed by atoms with van der Waals surface area (Å²) in [5, 5.41) is 20.8. The Kier molecular flexibility index (Phi) is 24.7. The molecule has 1 aliphatic rings. The summed E-state index contributed by atoms with van der Waals surface area (Å²) < 4.78 is 56.4. The van der Waals surface area contributed by atoms with Crippen LogP contribution in [-0.2, 0) is 46.3 Å². The van der Waals surface area contributed by atoms with Crippen molar-refractivity contribution in [1.29, 1.82) is 0 Å². The van der Waals surface area contributed by atoms with E-state index in [0.29, 0.717) is 18.8 Å². The Morgan fingerprint density at radius 2 is 1.33 bits per heavy atom. The minimum atomic E-state index is -5.41. The van der Waals surface area contributed by atoms with Gasteiger partial charge in [-0.05, 0) is 30.7 Å². The quantitative estimate of drug-likeness (QED) is 0.0294. The first-order valence-electron chi connectivity index (χ1n) is 20.8. The van der Waals surface area contributed by atoms with Crippen LogP contribution in [0.3, 0.4) is 0 Å².